The van der Waals surface area contributed by atoms with Crippen LogP contribution in [0, 0.1) is 5.92 Å². The molecule has 0 aliphatic carbocycles. The van der Waals surface area contributed by atoms with Gasteiger partial charge in [-0.3, -0.25) is 0 Å². The predicted octanol–water partition coefficient (Wildman–Crippen LogP) is 3.85. The molecule has 0 aromatic carbocycles. The lowest BCUT2D eigenvalue weighted by Gasteiger charge is -2.20. The molecule has 0 spiro atoms. The van der Waals surface area contributed by atoms with Gasteiger partial charge in [0, 0.05) is 0 Å². The highest BCUT2D eigenvalue weighted by Gasteiger charge is 2.16. The normalized spacial score (nSPS) is 14.6. The summed E-state index contributed by atoms with van der Waals surface area (Å²) in [5.41, 5.74) is 0. The Balaban J connectivity index is 3.61. The standard InChI is InChI=1S/C13H25O2/c1-4-6-7-8-9-10-13(15-11-14)12(3)5-2/h12-13H,4-10H2,1-3H3. The summed E-state index contributed by atoms with van der Waals surface area (Å²) in [6.07, 6.45) is 8.43. The Hall–Kier alpha value is -0.530. The first-order valence-corrected chi connectivity index (χ1v) is 6.29. The monoisotopic (exact) mass is 213 g/mol. The molecule has 0 heterocycles. The van der Waals surface area contributed by atoms with Crippen molar-refractivity contribution in [1.82, 2.24) is 0 Å². The minimum Gasteiger partial charge on any atom is -0.454 e. The maximum atomic E-state index is 10.2. The number of rotatable bonds is 10. The molecule has 89 valence electrons. The topological polar surface area (TPSA) is 26.3 Å². The number of hydrogen-bond donors (Lipinski definition) is 0. The fourth-order valence-electron chi connectivity index (χ4n) is 1.73. The largest absolute Gasteiger partial charge is 0.454 e. The second-order valence-corrected chi connectivity index (χ2v) is 4.33. The Morgan fingerprint density at radius 1 is 1.13 bits per heavy atom. The molecule has 0 bridgehead atoms. The molecule has 0 aromatic rings. The van der Waals surface area contributed by atoms with Crippen LogP contribution in [0.5, 0.6) is 0 Å². The summed E-state index contributed by atoms with van der Waals surface area (Å²) in [5, 5.41) is 0. The molecule has 0 amide bonds. The lowest BCUT2D eigenvalue weighted by Crippen LogP contribution is -2.20. The van der Waals surface area contributed by atoms with Gasteiger partial charge in [-0.15, -0.1) is 0 Å². The van der Waals surface area contributed by atoms with E-state index in [1.54, 1.807) is 6.47 Å². The zero-order valence-electron chi connectivity index (χ0n) is 10.4. The van der Waals surface area contributed by atoms with Crippen molar-refractivity contribution in [2.24, 2.45) is 5.92 Å². The summed E-state index contributed by atoms with van der Waals surface area (Å²) in [6, 6.07) is 0. The van der Waals surface area contributed by atoms with E-state index in [0.29, 0.717) is 5.92 Å². The van der Waals surface area contributed by atoms with E-state index in [0.717, 1.165) is 19.3 Å². The van der Waals surface area contributed by atoms with Crippen LogP contribution in [0.4, 0.5) is 0 Å². The molecular weight excluding hydrogens is 188 g/mol. The molecule has 0 fully saturated rings. The summed E-state index contributed by atoms with van der Waals surface area (Å²) in [5.74, 6) is 0.456. The summed E-state index contributed by atoms with van der Waals surface area (Å²) in [4.78, 5) is 10.2. The van der Waals surface area contributed by atoms with Crippen molar-refractivity contribution in [2.75, 3.05) is 0 Å². The van der Waals surface area contributed by atoms with Crippen LogP contribution in [-0.2, 0) is 9.53 Å². The van der Waals surface area contributed by atoms with Crippen LogP contribution >= 0.6 is 0 Å². The molecule has 0 saturated heterocycles. The first kappa shape index (κ1) is 14.5. The smallest absolute Gasteiger partial charge is 0.417 e. The van der Waals surface area contributed by atoms with Crippen molar-refractivity contribution in [2.45, 2.75) is 71.8 Å². The molecule has 0 aliphatic rings. The first-order chi connectivity index (χ1) is 7.26. The van der Waals surface area contributed by atoms with E-state index < -0.39 is 0 Å². The van der Waals surface area contributed by atoms with Crippen molar-refractivity contribution in [3.63, 3.8) is 0 Å². The van der Waals surface area contributed by atoms with Crippen LogP contribution in [-0.4, -0.2) is 12.6 Å². The second kappa shape index (κ2) is 10.0. The highest BCUT2D eigenvalue weighted by Crippen LogP contribution is 2.18. The van der Waals surface area contributed by atoms with Crippen LogP contribution < -0.4 is 0 Å². The van der Waals surface area contributed by atoms with E-state index in [4.69, 9.17) is 4.74 Å². The Morgan fingerprint density at radius 3 is 2.33 bits per heavy atom. The molecule has 0 aliphatic heterocycles. The van der Waals surface area contributed by atoms with Gasteiger partial charge in [0.25, 0.3) is 0 Å². The van der Waals surface area contributed by atoms with Gasteiger partial charge in [-0.1, -0.05) is 52.9 Å². The summed E-state index contributed by atoms with van der Waals surface area (Å²) < 4.78 is 5.00. The molecule has 0 N–H and O–H groups in total. The van der Waals surface area contributed by atoms with Crippen molar-refractivity contribution in [3.05, 3.63) is 0 Å². The molecule has 15 heavy (non-hydrogen) atoms. The molecule has 1 radical (unpaired) electrons. The summed E-state index contributed by atoms with van der Waals surface area (Å²) in [7, 11) is 0. The number of unbranched alkanes of at least 4 members (excludes halogenated alkanes) is 4. The van der Waals surface area contributed by atoms with Crippen LogP contribution in [0.25, 0.3) is 0 Å². The quantitative estimate of drug-likeness (QED) is 0.515. The third-order valence-corrected chi connectivity index (χ3v) is 3.07. The number of carbonyl (C=O) groups excluding carboxylic acids is 1. The van der Waals surface area contributed by atoms with E-state index >= 15 is 0 Å². The fraction of sp³-hybridized carbons (Fsp3) is 0.923. The van der Waals surface area contributed by atoms with Crippen LogP contribution in [0.2, 0.25) is 0 Å². The summed E-state index contributed by atoms with van der Waals surface area (Å²) >= 11 is 0. The Labute approximate surface area is 94.4 Å². The van der Waals surface area contributed by atoms with Crippen molar-refractivity contribution < 1.29 is 9.53 Å². The zero-order valence-corrected chi connectivity index (χ0v) is 10.4. The van der Waals surface area contributed by atoms with Gasteiger partial charge in [0.05, 0.1) is 0 Å². The molecule has 0 aromatic heterocycles. The molecule has 0 saturated carbocycles. The van der Waals surface area contributed by atoms with Crippen molar-refractivity contribution >= 4 is 6.47 Å². The number of ether oxygens (including phenoxy) is 1. The average molecular weight is 213 g/mol. The Bertz CT molecular complexity index is 145. The van der Waals surface area contributed by atoms with Gasteiger partial charge >= 0.3 is 6.47 Å². The van der Waals surface area contributed by atoms with Gasteiger partial charge in [0.2, 0.25) is 0 Å². The molecular formula is C13H25O2. The molecule has 0 rings (SSSR count). The van der Waals surface area contributed by atoms with E-state index in [1.165, 1.54) is 25.7 Å². The van der Waals surface area contributed by atoms with Gasteiger partial charge in [0.1, 0.15) is 6.10 Å². The van der Waals surface area contributed by atoms with Gasteiger partial charge in [-0.2, -0.15) is 0 Å². The van der Waals surface area contributed by atoms with Crippen LogP contribution in [0.3, 0.4) is 0 Å². The molecule has 2 nitrogen and oxygen atoms in total. The minimum absolute atomic E-state index is 0.0779. The lowest BCUT2D eigenvalue weighted by molar-refractivity contribution is 0.109. The van der Waals surface area contributed by atoms with Crippen LogP contribution in [0.15, 0.2) is 0 Å². The van der Waals surface area contributed by atoms with Gasteiger partial charge in [-0.25, -0.2) is 4.79 Å². The number of hydrogen-bond acceptors (Lipinski definition) is 2. The third-order valence-electron chi connectivity index (χ3n) is 3.07. The third kappa shape index (κ3) is 7.40. The lowest BCUT2D eigenvalue weighted by atomic mass is 9.96. The van der Waals surface area contributed by atoms with Crippen molar-refractivity contribution in [1.29, 1.82) is 0 Å². The summed E-state index contributed by atoms with van der Waals surface area (Å²) in [6.45, 7) is 8.06. The molecule has 2 heteroatoms. The average Bonchev–Trinajstić information content (AvgIpc) is 2.26. The van der Waals surface area contributed by atoms with Crippen LogP contribution in [0.1, 0.15) is 65.7 Å². The van der Waals surface area contributed by atoms with Gasteiger partial charge < -0.3 is 4.74 Å². The van der Waals surface area contributed by atoms with Crippen molar-refractivity contribution in [3.8, 4) is 0 Å². The fourth-order valence-corrected chi connectivity index (χ4v) is 1.73. The highest BCUT2D eigenvalue weighted by molar-refractivity contribution is 5.38. The van der Waals surface area contributed by atoms with Gasteiger partial charge in [0.15, 0.2) is 0 Å². The van der Waals surface area contributed by atoms with E-state index in [9.17, 15) is 4.79 Å². The molecule has 2 atom stereocenters. The minimum atomic E-state index is 0.0779. The Morgan fingerprint density at radius 2 is 1.80 bits per heavy atom. The van der Waals surface area contributed by atoms with E-state index in [2.05, 4.69) is 20.8 Å². The SMILES string of the molecule is CCCCCCCC(O[C]=O)C(C)CC. The van der Waals surface area contributed by atoms with E-state index in [-0.39, 0.29) is 6.10 Å². The van der Waals surface area contributed by atoms with Gasteiger partial charge in [-0.05, 0) is 18.8 Å². The maximum Gasteiger partial charge on any atom is 0.417 e. The molecule has 2 unspecified atom stereocenters. The zero-order chi connectivity index (χ0) is 11.5. The highest BCUT2D eigenvalue weighted by atomic mass is 16.5. The first-order valence-electron chi connectivity index (χ1n) is 6.29. The van der Waals surface area contributed by atoms with E-state index in [1.807, 2.05) is 0 Å². The maximum absolute atomic E-state index is 10.2. The second-order valence-electron chi connectivity index (χ2n) is 4.33. The Kier molecular flexibility index (Phi) is 9.65. The predicted molar refractivity (Wildman–Crippen MR) is 63.4 cm³/mol.